The first-order valence-electron chi connectivity index (χ1n) is 7.94. The number of rotatable bonds is 7. The van der Waals surface area contributed by atoms with Gasteiger partial charge in [0.05, 0.1) is 30.2 Å². The Morgan fingerprint density at radius 2 is 1.70 bits per heavy atom. The fourth-order valence-corrected chi connectivity index (χ4v) is 3.02. The highest BCUT2D eigenvalue weighted by atomic mass is 32.2. The molecule has 0 aliphatic heterocycles. The molecule has 2 rings (SSSR count). The number of ketones is 1. The number of hydrogen-bond donors (Lipinski definition) is 0. The summed E-state index contributed by atoms with van der Waals surface area (Å²) in [5.41, 5.74) is 0.280. The van der Waals surface area contributed by atoms with Gasteiger partial charge >= 0.3 is 5.97 Å². The van der Waals surface area contributed by atoms with E-state index in [2.05, 4.69) is 0 Å². The maximum Gasteiger partial charge on any atom is 0.338 e. The van der Waals surface area contributed by atoms with Gasteiger partial charge < -0.3 is 14.2 Å². The standard InChI is InChI=1S/C19H20O7S/c1-12(18(20)16-9-8-14(24-2)11-17(16)25-3)26-19(21)13-6-5-7-15(10-13)27(4,22)23/h5-12H,1-4H3/t12-/m1/s1. The zero-order valence-corrected chi connectivity index (χ0v) is 16.2. The van der Waals surface area contributed by atoms with Crippen LogP contribution in [0.25, 0.3) is 0 Å². The summed E-state index contributed by atoms with van der Waals surface area (Å²) in [6, 6.07) is 10.1. The minimum absolute atomic E-state index is 0.00671. The molecule has 0 fully saturated rings. The van der Waals surface area contributed by atoms with E-state index in [4.69, 9.17) is 14.2 Å². The molecule has 2 aromatic carbocycles. The first kappa shape index (κ1) is 20.4. The predicted molar refractivity (Wildman–Crippen MR) is 98.3 cm³/mol. The summed E-state index contributed by atoms with van der Waals surface area (Å²) >= 11 is 0. The molecule has 0 radical (unpaired) electrons. The summed E-state index contributed by atoms with van der Waals surface area (Å²) in [7, 11) is -0.558. The van der Waals surface area contributed by atoms with Crippen molar-refractivity contribution in [3.05, 3.63) is 53.6 Å². The van der Waals surface area contributed by atoms with Crippen molar-refractivity contribution in [1.82, 2.24) is 0 Å². The molecule has 0 bridgehead atoms. The van der Waals surface area contributed by atoms with Gasteiger partial charge in [0.15, 0.2) is 15.9 Å². The van der Waals surface area contributed by atoms with Crippen LogP contribution in [0.2, 0.25) is 0 Å². The first-order valence-corrected chi connectivity index (χ1v) is 9.84. The van der Waals surface area contributed by atoms with Crippen LogP contribution in [0.1, 0.15) is 27.6 Å². The van der Waals surface area contributed by atoms with Crippen LogP contribution in [0.5, 0.6) is 11.5 Å². The number of ether oxygens (including phenoxy) is 3. The third-order valence-corrected chi connectivity index (χ3v) is 4.94. The maximum absolute atomic E-state index is 12.6. The lowest BCUT2D eigenvalue weighted by Crippen LogP contribution is -2.25. The smallest absolute Gasteiger partial charge is 0.338 e. The van der Waals surface area contributed by atoms with Crippen LogP contribution in [0.15, 0.2) is 47.4 Å². The Labute approximate surface area is 157 Å². The van der Waals surface area contributed by atoms with Crippen LogP contribution in [0.4, 0.5) is 0 Å². The molecule has 144 valence electrons. The summed E-state index contributed by atoms with van der Waals surface area (Å²) in [4.78, 5) is 24.9. The molecule has 0 aliphatic carbocycles. The fourth-order valence-electron chi connectivity index (χ4n) is 2.36. The zero-order valence-electron chi connectivity index (χ0n) is 15.4. The van der Waals surface area contributed by atoms with Gasteiger partial charge in [-0.1, -0.05) is 6.07 Å². The van der Waals surface area contributed by atoms with Gasteiger partial charge in [-0.05, 0) is 37.3 Å². The summed E-state index contributed by atoms with van der Waals surface area (Å²) < 4.78 is 38.7. The lowest BCUT2D eigenvalue weighted by Gasteiger charge is -2.15. The second kappa shape index (κ2) is 8.22. The fraction of sp³-hybridized carbons (Fsp3) is 0.263. The summed E-state index contributed by atoms with van der Waals surface area (Å²) in [5, 5.41) is 0. The van der Waals surface area contributed by atoms with Crippen molar-refractivity contribution in [2.45, 2.75) is 17.9 Å². The Morgan fingerprint density at radius 1 is 1.00 bits per heavy atom. The molecule has 0 spiro atoms. The van der Waals surface area contributed by atoms with Gasteiger partial charge in [-0.2, -0.15) is 0 Å². The van der Waals surface area contributed by atoms with Crippen LogP contribution in [0.3, 0.4) is 0 Å². The van der Waals surface area contributed by atoms with Crippen molar-refractivity contribution in [3.8, 4) is 11.5 Å². The highest BCUT2D eigenvalue weighted by Crippen LogP contribution is 2.26. The first-order chi connectivity index (χ1) is 12.7. The zero-order chi connectivity index (χ0) is 20.2. The van der Waals surface area contributed by atoms with Crippen molar-refractivity contribution in [2.24, 2.45) is 0 Å². The van der Waals surface area contributed by atoms with Crippen molar-refractivity contribution < 1.29 is 32.2 Å². The second-order valence-corrected chi connectivity index (χ2v) is 7.79. The Kier molecular flexibility index (Phi) is 6.22. The molecule has 0 unspecified atom stereocenters. The van der Waals surface area contributed by atoms with Gasteiger partial charge in [0.1, 0.15) is 11.5 Å². The summed E-state index contributed by atoms with van der Waals surface area (Å²) in [6.07, 6.45) is -0.0544. The molecule has 2 aromatic rings. The maximum atomic E-state index is 12.6. The Balaban J connectivity index is 2.21. The molecular weight excluding hydrogens is 372 g/mol. The van der Waals surface area contributed by atoms with Crippen molar-refractivity contribution >= 4 is 21.6 Å². The molecule has 0 amide bonds. The van der Waals surface area contributed by atoms with E-state index in [0.717, 1.165) is 6.26 Å². The number of esters is 1. The largest absolute Gasteiger partial charge is 0.497 e. The Bertz CT molecular complexity index is 964. The molecule has 0 saturated heterocycles. The van der Waals surface area contributed by atoms with E-state index in [1.54, 1.807) is 12.1 Å². The Morgan fingerprint density at radius 3 is 2.30 bits per heavy atom. The number of carbonyl (C=O) groups is 2. The van der Waals surface area contributed by atoms with E-state index in [9.17, 15) is 18.0 Å². The summed E-state index contributed by atoms with van der Waals surface area (Å²) in [6.45, 7) is 1.43. The number of hydrogen-bond acceptors (Lipinski definition) is 7. The van der Waals surface area contributed by atoms with E-state index in [0.29, 0.717) is 11.5 Å². The molecule has 27 heavy (non-hydrogen) atoms. The van der Waals surface area contributed by atoms with E-state index in [1.807, 2.05) is 0 Å². The minimum Gasteiger partial charge on any atom is -0.497 e. The van der Waals surface area contributed by atoms with E-state index in [-0.39, 0.29) is 16.0 Å². The predicted octanol–water partition coefficient (Wildman–Crippen LogP) is 2.54. The second-order valence-electron chi connectivity index (χ2n) is 5.78. The monoisotopic (exact) mass is 392 g/mol. The van der Waals surface area contributed by atoms with Crippen LogP contribution in [-0.4, -0.2) is 46.7 Å². The summed E-state index contributed by atoms with van der Waals surface area (Å²) in [5.74, 6) is -0.442. The van der Waals surface area contributed by atoms with Crippen molar-refractivity contribution in [1.29, 1.82) is 0 Å². The topological polar surface area (TPSA) is 96.0 Å². The van der Waals surface area contributed by atoms with Crippen LogP contribution in [0, 0.1) is 0 Å². The third kappa shape index (κ3) is 4.85. The molecule has 7 nitrogen and oxygen atoms in total. The molecular formula is C19H20O7S. The third-order valence-electron chi connectivity index (χ3n) is 3.83. The average Bonchev–Trinajstić information content (AvgIpc) is 2.66. The van der Waals surface area contributed by atoms with Gasteiger partial charge in [0, 0.05) is 12.3 Å². The van der Waals surface area contributed by atoms with Crippen molar-refractivity contribution in [3.63, 3.8) is 0 Å². The van der Waals surface area contributed by atoms with Crippen LogP contribution < -0.4 is 9.47 Å². The number of carbonyl (C=O) groups excluding carboxylic acids is 2. The molecule has 8 heteroatoms. The van der Waals surface area contributed by atoms with E-state index in [1.165, 1.54) is 51.5 Å². The quantitative estimate of drug-likeness (QED) is 0.528. The van der Waals surface area contributed by atoms with Gasteiger partial charge in [0.2, 0.25) is 5.78 Å². The average molecular weight is 392 g/mol. The molecule has 0 heterocycles. The SMILES string of the molecule is COc1ccc(C(=O)[C@@H](C)OC(=O)c2cccc(S(C)(=O)=O)c2)c(OC)c1. The van der Waals surface area contributed by atoms with Gasteiger partial charge in [-0.15, -0.1) is 0 Å². The van der Waals surface area contributed by atoms with E-state index >= 15 is 0 Å². The number of methoxy groups -OCH3 is 2. The number of sulfone groups is 1. The van der Waals surface area contributed by atoms with Crippen molar-refractivity contribution in [2.75, 3.05) is 20.5 Å². The lowest BCUT2D eigenvalue weighted by atomic mass is 10.1. The molecule has 1 atom stereocenters. The molecule has 0 aliphatic rings. The Hall–Kier alpha value is -2.87. The molecule has 0 N–H and O–H groups in total. The number of benzene rings is 2. The highest BCUT2D eigenvalue weighted by Gasteiger charge is 2.24. The normalized spacial score (nSPS) is 12.1. The van der Waals surface area contributed by atoms with Crippen LogP contribution in [-0.2, 0) is 14.6 Å². The van der Waals surface area contributed by atoms with Crippen LogP contribution >= 0.6 is 0 Å². The molecule has 0 saturated carbocycles. The van der Waals surface area contributed by atoms with Gasteiger partial charge in [0.25, 0.3) is 0 Å². The van der Waals surface area contributed by atoms with Gasteiger partial charge in [-0.25, -0.2) is 13.2 Å². The van der Waals surface area contributed by atoms with Gasteiger partial charge in [-0.3, -0.25) is 4.79 Å². The van der Waals surface area contributed by atoms with E-state index < -0.39 is 27.7 Å². The lowest BCUT2D eigenvalue weighted by molar-refractivity contribution is 0.0317. The number of Topliss-reactive ketones (excluding diaryl/α,β-unsaturated/α-hetero) is 1. The highest BCUT2D eigenvalue weighted by molar-refractivity contribution is 7.90. The molecule has 0 aromatic heterocycles. The minimum atomic E-state index is -3.47.